The normalized spacial score (nSPS) is 19.7. The number of carbonyl (C=O) groups excluding carboxylic acids is 3. The van der Waals surface area contributed by atoms with Gasteiger partial charge in [0.2, 0.25) is 11.8 Å². The van der Waals surface area contributed by atoms with Crippen molar-refractivity contribution in [1.82, 2.24) is 4.98 Å². The quantitative estimate of drug-likeness (QED) is 0.695. The molecule has 1 atom stereocenters. The molecule has 150 valence electrons. The molecule has 0 unspecified atom stereocenters. The van der Waals surface area contributed by atoms with Crippen LogP contribution in [0.2, 0.25) is 0 Å². The molecule has 0 saturated carbocycles. The van der Waals surface area contributed by atoms with Gasteiger partial charge in [-0.1, -0.05) is 11.8 Å². The number of benzene rings is 1. The van der Waals surface area contributed by atoms with E-state index in [1.54, 1.807) is 12.1 Å². The fourth-order valence-corrected chi connectivity index (χ4v) is 4.81. The van der Waals surface area contributed by atoms with Crippen molar-refractivity contribution in [3.8, 4) is 0 Å². The lowest BCUT2D eigenvalue weighted by Gasteiger charge is -2.29. The van der Waals surface area contributed by atoms with Crippen LogP contribution in [0.1, 0.15) is 36.0 Å². The number of nitrogens with zero attached hydrogens (tertiary/aromatic N) is 3. The number of piperidine rings is 1. The van der Waals surface area contributed by atoms with E-state index in [2.05, 4.69) is 9.88 Å². The first kappa shape index (κ1) is 19.4. The minimum absolute atomic E-state index is 0.000435. The number of rotatable bonds is 5. The lowest BCUT2D eigenvalue weighted by atomic mass is 10.1. The minimum Gasteiger partial charge on any atom is -0.545 e. The summed E-state index contributed by atoms with van der Waals surface area (Å²) in [6.45, 7) is 2.04. The van der Waals surface area contributed by atoms with Crippen LogP contribution in [0.25, 0.3) is 0 Å². The Hall–Kier alpha value is -2.87. The fourth-order valence-electron chi connectivity index (χ4n) is 3.71. The Morgan fingerprint density at radius 2 is 1.72 bits per heavy atom. The van der Waals surface area contributed by atoms with Crippen LogP contribution in [-0.4, -0.2) is 41.1 Å². The van der Waals surface area contributed by atoms with Gasteiger partial charge in [-0.25, -0.2) is 9.88 Å². The van der Waals surface area contributed by atoms with E-state index < -0.39 is 11.2 Å². The van der Waals surface area contributed by atoms with Gasteiger partial charge < -0.3 is 14.8 Å². The molecule has 2 amide bonds. The number of amides is 2. The SMILES string of the molecule is O=C([O-])c1cccnc1S[C@@H]1CC(=O)N(c2ccc(N3CCCCC3)cc2)C1=O. The summed E-state index contributed by atoms with van der Waals surface area (Å²) in [4.78, 5) is 44.2. The molecule has 3 heterocycles. The van der Waals surface area contributed by atoms with Crippen LogP contribution in [0.15, 0.2) is 47.6 Å². The van der Waals surface area contributed by atoms with E-state index in [1.807, 2.05) is 12.1 Å². The highest BCUT2D eigenvalue weighted by molar-refractivity contribution is 8.00. The number of hydrogen-bond donors (Lipinski definition) is 0. The largest absolute Gasteiger partial charge is 0.545 e. The number of carbonyl (C=O) groups is 3. The fraction of sp³-hybridized carbons (Fsp3) is 0.333. The van der Waals surface area contributed by atoms with Crippen molar-refractivity contribution >= 4 is 40.9 Å². The molecule has 0 radical (unpaired) electrons. The number of aromatic nitrogens is 1. The average Bonchev–Trinajstić information content (AvgIpc) is 3.02. The molecular formula is C21H20N3O4S-. The Kier molecular flexibility index (Phi) is 5.53. The van der Waals surface area contributed by atoms with Gasteiger partial charge in [0, 0.05) is 37.0 Å². The first-order valence-electron chi connectivity index (χ1n) is 9.59. The third kappa shape index (κ3) is 3.98. The van der Waals surface area contributed by atoms with Gasteiger partial charge in [-0.15, -0.1) is 0 Å². The van der Waals surface area contributed by atoms with Gasteiger partial charge in [-0.3, -0.25) is 9.59 Å². The zero-order chi connectivity index (χ0) is 20.4. The van der Waals surface area contributed by atoms with E-state index in [0.29, 0.717) is 5.69 Å². The molecule has 29 heavy (non-hydrogen) atoms. The van der Waals surface area contributed by atoms with Gasteiger partial charge in [0.1, 0.15) is 5.03 Å². The molecule has 1 aromatic heterocycles. The standard InChI is InChI=1S/C21H21N3O4S/c25-18-13-17(29-19-16(21(27)28)5-4-10-22-19)20(26)24(18)15-8-6-14(7-9-15)23-11-2-1-3-12-23/h4-10,17H,1-3,11-13H2,(H,27,28)/p-1/t17-/m1/s1. The Morgan fingerprint density at radius 1 is 1.03 bits per heavy atom. The highest BCUT2D eigenvalue weighted by Crippen LogP contribution is 2.35. The van der Waals surface area contributed by atoms with E-state index >= 15 is 0 Å². The molecule has 4 rings (SSSR count). The summed E-state index contributed by atoms with van der Waals surface area (Å²) < 4.78 is 0. The van der Waals surface area contributed by atoms with Crippen LogP contribution in [-0.2, 0) is 9.59 Å². The maximum Gasteiger partial charge on any atom is 0.247 e. The molecule has 8 heteroatoms. The summed E-state index contributed by atoms with van der Waals surface area (Å²) in [5, 5.41) is 10.7. The molecule has 0 bridgehead atoms. The van der Waals surface area contributed by atoms with E-state index in [-0.39, 0.29) is 28.8 Å². The summed E-state index contributed by atoms with van der Waals surface area (Å²) in [6, 6.07) is 10.3. The molecule has 0 N–H and O–H groups in total. The lowest BCUT2D eigenvalue weighted by molar-refractivity contribution is -0.255. The van der Waals surface area contributed by atoms with Gasteiger partial charge in [0.05, 0.1) is 16.9 Å². The first-order chi connectivity index (χ1) is 14.0. The Labute approximate surface area is 172 Å². The monoisotopic (exact) mass is 410 g/mol. The molecule has 7 nitrogen and oxygen atoms in total. The second-order valence-electron chi connectivity index (χ2n) is 7.09. The summed E-state index contributed by atoms with van der Waals surface area (Å²) in [5.41, 5.74) is 1.54. The Bertz CT molecular complexity index is 941. The van der Waals surface area contributed by atoms with Crippen LogP contribution in [0.4, 0.5) is 11.4 Å². The number of carboxylic acids is 1. The Morgan fingerprint density at radius 3 is 2.41 bits per heavy atom. The summed E-state index contributed by atoms with van der Waals surface area (Å²) in [7, 11) is 0. The molecule has 2 saturated heterocycles. The zero-order valence-electron chi connectivity index (χ0n) is 15.7. The van der Waals surface area contributed by atoms with Crippen LogP contribution < -0.4 is 14.9 Å². The van der Waals surface area contributed by atoms with E-state index in [1.165, 1.54) is 42.5 Å². The van der Waals surface area contributed by atoms with Gasteiger partial charge >= 0.3 is 0 Å². The predicted octanol–water partition coefficient (Wildman–Crippen LogP) is 1.86. The Balaban J connectivity index is 1.50. The number of imide groups is 1. The number of aromatic carboxylic acids is 1. The number of pyridine rings is 1. The molecule has 2 aromatic rings. The maximum absolute atomic E-state index is 12.9. The van der Waals surface area contributed by atoms with E-state index in [0.717, 1.165) is 30.5 Å². The molecule has 2 aliphatic rings. The molecule has 0 spiro atoms. The second-order valence-corrected chi connectivity index (χ2v) is 8.28. The van der Waals surface area contributed by atoms with Crippen molar-refractivity contribution in [2.24, 2.45) is 0 Å². The second kappa shape index (κ2) is 8.24. The van der Waals surface area contributed by atoms with Crippen molar-refractivity contribution in [3.05, 3.63) is 48.2 Å². The topological polar surface area (TPSA) is 93.6 Å². The van der Waals surface area contributed by atoms with Crippen molar-refractivity contribution in [3.63, 3.8) is 0 Å². The molecule has 2 aliphatic heterocycles. The summed E-state index contributed by atoms with van der Waals surface area (Å²) >= 11 is 0.990. The van der Waals surface area contributed by atoms with Crippen LogP contribution in [0, 0.1) is 0 Å². The van der Waals surface area contributed by atoms with Gasteiger partial charge in [-0.2, -0.15) is 0 Å². The molecular weight excluding hydrogens is 390 g/mol. The van der Waals surface area contributed by atoms with Crippen molar-refractivity contribution < 1.29 is 19.5 Å². The van der Waals surface area contributed by atoms with Gasteiger partial charge in [0.25, 0.3) is 0 Å². The maximum atomic E-state index is 12.9. The van der Waals surface area contributed by atoms with Crippen LogP contribution in [0.3, 0.4) is 0 Å². The third-order valence-corrected chi connectivity index (χ3v) is 6.38. The molecule has 2 fully saturated rings. The van der Waals surface area contributed by atoms with Crippen molar-refractivity contribution in [2.75, 3.05) is 22.9 Å². The number of anilines is 2. The van der Waals surface area contributed by atoms with Crippen LogP contribution in [0.5, 0.6) is 0 Å². The summed E-state index contributed by atoms with van der Waals surface area (Å²) in [5.74, 6) is -2.02. The molecule has 0 aliphatic carbocycles. The minimum atomic E-state index is -1.36. The van der Waals surface area contributed by atoms with Crippen molar-refractivity contribution in [2.45, 2.75) is 36.0 Å². The number of thioether (sulfide) groups is 1. The van der Waals surface area contributed by atoms with Gasteiger partial charge in [0.15, 0.2) is 0 Å². The lowest BCUT2D eigenvalue weighted by Crippen LogP contribution is -2.32. The first-order valence-corrected chi connectivity index (χ1v) is 10.5. The zero-order valence-corrected chi connectivity index (χ0v) is 16.6. The predicted molar refractivity (Wildman–Crippen MR) is 108 cm³/mol. The molecule has 1 aromatic carbocycles. The highest BCUT2D eigenvalue weighted by Gasteiger charge is 2.40. The third-order valence-electron chi connectivity index (χ3n) is 5.18. The number of hydrogen-bond acceptors (Lipinski definition) is 7. The van der Waals surface area contributed by atoms with Crippen LogP contribution >= 0.6 is 11.8 Å². The average molecular weight is 410 g/mol. The highest BCUT2D eigenvalue weighted by atomic mass is 32.2. The van der Waals surface area contributed by atoms with E-state index in [4.69, 9.17) is 0 Å². The van der Waals surface area contributed by atoms with Crippen molar-refractivity contribution in [1.29, 1.82) is 0 Å². The van der Waals surface area contributed by atoms with E-state index in [9.17, 15) is 19.5 Å². The smallest absolute Gasteiger partial charge is 0.247 e. The summed E-state index contributed by atoms with van der Waals surface area (Å²) in [6.07, 6.45) is 5.05. The van der Waals surface area contributed by atoms with Gasteiger partial charge in [-0.05, 0) is 55.7 Å². The number of carboxylic acid groups (broad SMARTS) is 1.